The molecule has 3 aliphatic rings. The lowest BCUT2D eigenvalue weighted by atomic mass is 10.0. The number of rotatable bonds is 9. The Morgan fingerprint density at radius 1 is 1.09 bits per heavy atom. The molecule has 4 heterocycles. The first kappa shape index (κ1) is 22.4. The normalized spacial score (nSPS) is 26.5. The zero-order valence-electron chi connectivity index (χ0n) is 19.4. The molecule has 0 aliphatic carbocycles. The van der Waals surface area contributed by atoms with E-state index < -0.39 is 0 Å². The third-order valence-corrected chi connectivity index (χ3v) is 7.39. The summed E-state index contributed by atoms with van der Waals surface area (Å²) in [5.41, 5.74) is 0.794. The van der Waals surface area contributed by atoms with E-state index in [0.29, 0.717) is 46.6 Å². The molecule has 2 aromatic rings. The van der Waals surface area contributed by atoms with Crippen LogP contribution in [0.2, 0.25) is 5.02 Å². The first-order valence-corrected chi connectivity index (χ1v) is 12.3. The number of fused-ring (bicyclic) bond motifs is 2. The Bertz CT molecular complexity index is 975. The van der Waals surface area contributed by atoms with Crippen molar-refractivity contribution in [1.29, 1.82) is 0 Å². The molecule has 3 saturated heterocycles. The summed E-state index contributed by atoms with van der Waals surface area (Å²) in [7, 11) is 1.60. The van der Waals surface area contributed by atoms with Gasteiger partial charge in [-0.3, -0.25) is 4.90 Å². The fourth-order valence-corrected chi connectivity index (χ4v) is 5.57. The van der Waals surface area contributed by atoms with Crippen molar-refractivity contribution in [2.75, 3.05) is 62.3 Å². The molecule has 4 atom stereocenters. The molecule has 10 heteroatoms. The predicted octanol–water partition coefficient (Wildman–Crippen LogP) is 3.29. The number of anilines is 4. The molecule has 4 unspecified atom stereocenters. The highest BCUT2D eigenvalue weighted by Gasteiger charge is 2.38. The second-order valence-electron chi connectivity index (χ2n) is 9.15. The zero-order chi connectivity index (χ0) is 22.8. The molecule has 9 nitrogen and oxygen atoms in total. The van der Waals surface area contributed by atoms with Crippen molar-refractivity contribution in [2.45, 2.75) is 38.3 Å². The number of methoxy groups -OCH3 is 1. The Kier molecular flexibility index (Phi) is 6.71. The lowest BCUT2D eigenvalue weighted by Gasteiger charge is -2.24. The molecule has 5 rings (SSSR count). The quantitative estimate of drug-likeness (QED) is 0.508. The Balaban J connectivity index is 1.34. The molecule has 0 amide bonds. The van der Waals surface area contributed by atoms with Gasteiger partial charge in [0.2, 0.25) is 17.8 Å². The van der Waals surface area contributed by atoms with Gasteiger partial charge in [0.25, 0.3) is 0 Å². The topological polar surface area (TPSA) is 90.5 Å². The maximum atomic E-state index is 6.31. The monoisotopic (exact) mass is 472 g/mol. The zero-order valence-corrected chi connectivity index (χ0v) is 20.1. The fourth-order valence-electron chi connectivity index (χ4n) is 5.31. The Hall–Kier alpha value is -2.36. The second-order valence-corrected chi connectivity index (χ2v) is 9.55. The summed E-state index contributed by atoms with van der Waals surface area (Å²) in [6, 6.07) is 6.43. The van der Waals surface area contributed by atoms with Gasteiger partial charge in [0.1, 0.15) is 5.75 Å². The summed E-state index contributed by atoms with van der Waals surface area (Å²) >= 11 is 6.31. The van der Waals surface area contributed by atoms with Gasteiger partial charge in [0.15, 0.2) is 0 Å². The number of likely N-dealkylation sites (N-methyl/N-ethyl adjacent to an activating group) is 1. The molecule has 0 radical (unpaired) electrons. The molecule has 0 saturated carbocycles. The van der Waals surface area contributed by atoms with Crippen LogP contribution in [-0.2, 0) is 0 Å². The summed E-state index contributed by atoms with van der Waals surface area (Å²) in [5, 5.41) is 10.9. The SMILES string of the molecule is CCN1CCCC1CNc1nc(Nc2ccc(OC)c(Cl)c2)nc(NC2CN3CCC2C3)n1. The van der Waals surface area contributed by atoms with Gasteiger partial charge >= 0.3 is 0 Å². The minimum absolute atomic E-state index is 0.377. The van der Waals surface area contributed by atoms with E-state index in [9.17, 15) is 0 Å². The lowest BCUT2D eigenvalue weighted by Crippen LogP contribution is -2.35. The van der Waals surface area contributed by atoms with Crippen LogP contribution in [0.15, 0.2) is 18.2 Å². The van der Waals surface area contributed by atoms with Crippen molar-refractivity contribution in [3.05, 3.63) is 23.2 Å². The van der Waals surface area contributed by atoms with E-state index in [1.807, 2.05) is 18.2 Å². The van der Waals surface area contributed by atoms with Crippen LogP contribution in [0, 0.1) is 5.92 Å². The molecule has 3 aliphatic heterocycles. The standard InChI is InChI=1S/C23H33ClN8O/c1-3-32-9-4-5-17(32)12-25-21-28-22(26-16-6-7-20(33-2)18(24)11-16)30-23(29-21)27-19-14-31-10-8-15(19)13-31/h6-7,11,15,17,19H,3-5,8-10,12-14H2,1-2H3,(H3,25,26,27,28,29,30). The number of aromatic nitrogens is 3. The predicted molar refractivity (Wildman–Crippen MR) is 132 cm³/mol. The van der Waals surface area contributed by atoms with Crippen LogP contribution in [0.1, 0.15) is 26.2 Å². The molecule has 178 valence electrons. The highest BCUT2D eigenvalue weighted by Crippen LogP contribution is 2.31. The van der Waals surface area contributed by atoms with Crippen LogP contribution < -0.4 is 20.7 Å². The van der Waals surface area contributed by atoms with E-state index in [1.54, 1.807) is 7.11 Å². The van der Waals surface area contributed by atoms with E-state index in [2.05, 4.69) is 42.6 Å². The molecule has 1 aromatic carbocycles. The van der Waals surface area contributed by atoms with Gasteiger partial charge in [0, 0.05) is 37.4 Å². The van der Waals surface area contributed by atoms with Crippen molar-refractivity contribution in [3.8, 4) is 5.75 Å². The van der Waals surface area contributed by atoms with Crippen molar-refractivity contribution < 1.29 is 4.74 Å². The van der Waals surface area contributed by atoms with Gasteiger partial charge in [-0.25, -0.2) is 0 Å². The van der Waals surface area contributed by atoms with Gasteiger partial charge in [-0.1, -0.05) is 18.5 Å². The highest BCUT2D eigenvalue weighted by molar-refractivity contribution is 6.32. The van der Waals surface area contributed by atoms with Crippen LogP contribution in [0.3, 0.4) is 0 Å². The van der Waals surface area contributed by atoms with Gasteiger partial charge in [-0.05, 0) is 63.0 Å². The number of hydrogen-bond acceptors (Lipinski definition) is 9. The lowest BCUT2D eigenvalue weighted by molar-refractivity contribution is 0.277. The molecule has 1 aromatic heterocycles. The fraction of sp³-hybridized carbons (Fsp3) is 0.609. The molecule has 33 heavy (non-hydrogen) atoms. The second kappa shape index (κ2) is 9.87. The summed E-state index contributed by atoms with van der Waals surface area (Å²) in [5.74, 6) is 2.96. The average Bonchev–Trinajstić information content (AvgIpc) is 3.55. The molecule has 3 fully saturated rings. The van der Waals surface area contributed by atoms with E-state index in [4.69, 9.17) is 21.3 Å². The number of hydrogen-bond donors (Lipinski definition) is 3. The van der Waals surface area contributed by atoms with Gasteiger partial charge < -0.3 is 25.6 Å². The van der Waals surface area contributed by atoms with E-state index in [0.717, 1.165) is 38.4 Å². The Morgan fingerprint density at radius 3 is 2.67 bits per heavy atom. The average molecular weight is 473 g/mol. The van der Waals surface area contributed by atoms with Gasteiger partial charge in [-0.2, -0.15) is 15.0 Å². The van der Waals surface area contributed by atoms with Crippen molar-refractivity contribution in [3.63, 3.8) is 0 Å². The van der Waals surface area contributed by atoms with Crippen LogP contribution in [0.25, 0.3) is 0 Å². The summed E-state index contributed by atoms with van der Waals surface area (Å²) in [6.07, 6.45) is 3.68. The first-order chi connectivity index (χ1) is 16.1. The van der Waals surface area contributed by atoms with Gasteiger partial charge in [-0.15, -0.1) is 0 Å². The Labute approximate surface area is 200 Å². The number of ether oxygens (including phenoxy) is 1. The van der Waals surface area contributed by atoms with Crippen molar-refractivity contribution in [1.82, 2.24) is 24.8 Å². The van der Waals surface area contributed by atoms with E-state index in [1.165, 1.54) is 25.8 Å². The summed E-state index contributed by atoms with van der Waals surface area (Å²) < 4.78 is 5.26. The smallest absolute Gasteiger partial charge is 0.233 e. The number of piperidine rings is 1. The van der Waals surface area contributed by atoms with Gasteiger partial charge in [0.05, 0.1) is 12.1 Å². The molecular weight excluding hydrogens is 440 g/mol. The molecule has 0 spiro atoms. The Morgan fingerprint density at radius 2 is 1.94 bits per heavy atom. The van der Waals surface area contributed by atoms with Crippen molar-refractivity contribution >= 4 is 35.1 Å². The molecule has 3 N–H and O–H groups in total. The van der Waals surface area contributed by atoms with E-state index in [-0.39, 0.29) is 0 Å². The largest absolute Gasteiger partial charge is 0.495 e. The first-order valence-electron chi connectivity index (χ1n) is 11.9. The number of likely N-dealkylation sites (tertiary alicyclic amines) is 1. The molecular formula is C23H33ClN8O. The van der Waals surface area contributed by atoms with E-state index >= 15 is 0 Å². The maximum Gasteiger partial charge on any atom is 0.233 e. The highest BCUT2D eigenvalue weighted by atomic mass is 35.5. The number of benzene rings is 1. The number of nitrogens with zero attached hydrogens (tertiary/aromatic N) is 5. The number of halogens is 1. The van der Waals surface area contributed by atoms with Crippen LogP contribution >= 0.6 is 11.6 Å². The van der Waals surface area contributed by atoms with Crippen LogP contribution in [-0.4, -0.2) is 83.2 Å². The summed E-state index contributed by atoms with van der Waals surface area (Å²) in [6.45, 7) is 8.69. The third kappa shape index (κ3) is 5.10. The summed E-state index contributed by atoms with van der Waals surface area (Å²) in [4.78, 5) is 19.0. The minimum Gasteiger partial charge on any atom is -0.495 e. The van der Waals surface area contributed by atoms with Crippen LogP contribution in [0.4, 0.5) is 23.5 Å². The van der Waals surface area contributed by atoms with Crippen molar-refractivity contribution in [2.24, 2.45) is 5.92 Å². The van der Waals surface area contributed by atoms with Crippen LogP contribution in [0.5, 0.6) is 5.75 Å². The maximum absolute atomic E-state index is 6.31. The third-order valence-electron chi connectivity index (χ3n) is 7.09. The number of nitrogens with one attached hydrogen (secondary N) is 3. The molecule has 2 bridgehead atoms. The minimum atomic E-state index is 0.377.